The first-order chi connectivity index (χ1) is 6.96. The summed E-state index contributed by atoms with van der Waals surface area (Å²) in [5.41, 5.74) is 5.73. The van der Waals surface area contributed by atoms with Gasteiger partial charge in [-0.25, -0.2) is 0 Å². The van der Waals surface area contributed by atoms with E-state index in [1.807, 2.05) is 4.90 Å². The maximum atomic E-state index is 11.6. The molecule has 0 saturated carbocycles. The number of nitrogens with two attached hydrogens (primary N) is 1. The summed E-state index contributed by atoms with van der Waals surface area (Å²) in [6, 6.07) is -0.293. The van der Waals surface area contributed by atoms with E-state index in [4.69, 9.17) is 10.8 Å². The fourth-order valence-electron chi connectivity index (χ4n) is 2.07. The first-order valence-corrected chi connectivity index (χ1v) is 5.61. The normalized spacial score (nSPS) is 22.5. The van der Waals surface area contributed by atoms with Gasteiger partial charge >= 0.3 is 0 Å². The Labute approximate surface area is 91.4 Å². The standard InChI is InChI=1S/C11H22N2O2/c1-11(2,5-3-7-14)8-13-6-4-9(12)10(13)15/h9,14H,3-8,12H2,1-2H3. The summed E-state index contributed by atoms with van der Waals surface area (Å²) in [6.07, 6.45) is 2.50. The number of hydrogen-bond acceptors (Lipinski definition) is 3. The SMILES string of the molecule is CC(C)(CCCO)CN1CCC(N)C1=O. The Bertz CT molecular complexity index is 229. The lowest BCUT2D eigenvalue weighted by Gasteiger charge is -2.30. The molecule has 3 N–H and O–H groups in total. The van der Waals surface area contributed by atoms with Crippen molar-refractivity contribution in [3.05, 3.63) is 0 Å². The average Bonchev–Trinajstić information content (AvgIpc) is 2.46. The van der Waals surface area contributed by atoms with Crippen molar-refractivity contribution in [1.29, 1.82) is 0 Å². The Morgan fingerprint density at radius 1 is 1.60 bits per heavy atom. The van der Waals surface area contributed by atoms with Crippen LogP contribution in [0.3, 0.4) is 0 Å². The van der Waals surface area contributed by atoms with Crippen LogP contribution >= 0.6 is 0 Å². The molecule has 15 heavy (non-hydrogen) atoms. The average molecular weight is 214 g/mol. The minimum absolute atomic E-state index is 0.0719. The monoisotopic (exact) mass is 214 g/mol. The highest BCUT2D eigenvalue weighted by atomic mass is 16.2. The summed E-state index contributed by atoms with van der Waals surface area (Å²) >= 11 is 0. The second-order valence-corrected chi connectivity index (χ2v) is 5.15. The summed E-state index contributed by atoms with van der Waals surface area (Å²) in [4.78, 5) is 13.5. The Morgan fingerprint density at radius 3 is 2.73 bits per heavy atom. The van der Waals surface area contributed by atoms with Crippen molar-refractivity contribution in [3.63, 3.8) is 0 Å². The molecular formula is C11H22N2O2. The maximum Gasteiger partial charge on any atom is 0.239 e. The molecule has 0 spiro atoms. The third kappa shape index (κ3) is 3.47. The lowest BCUT2D eigenvalue weighted by Crippen LogP contribution is -2.39. The fraction of sp³-hybridized carbons (Fsp3) is 0.909. The van der Waals surface area contributed by atoms with E-state index in [0.29, 0.717) is 0 Å². The van der Waals surface area contributed by atoms with Gasteiger partial charge in [-0.2, -0.15) is 0 Å². The van der Waals surface area contributed by atoms with E-state index in [2.05, 4.69) is 13.8 Å². The van der Waals surface area contributed by atoms with Gasteiger partial charge in [0.1, 0.15) is 0 Å². The number of carbonyl (C=O) groups is 1. The van der Waals surface area contributed by atoms with Crippen LogP contribution in [-0.4, -0.2) is 41.7 Å². The van der Waals surface area contributed by atoms with Crippen LogP contribution in [0.2, 0.25) is 0 Å². The second kappa shape index (κ2) is 4.94. The largest absolute Gasteiger partial charge is 0.396 e. The minimum Gasteiger partial charge on any atom is -0.396 e. The number of rotatable bonds is 5. The Morgan fingerprint density at radius 2 is 2.27 bits per heavy atom. The van der Waals surface area contributed by atoms with Crippen LogP contribution in [0.25, 0.3) is 0 Å². The molecule has 1 atom stereocenters. The summed E-state index contributed by atoms with van der Waals surface area (Å²) in [5.74, 6) is 0.0760. The molecule has 1 aliphatic heterocycles. The van der Waals surface area contributed by atoms with Gasteiger partial charge in [0.15, 0.2) is 0 Å². The van der Waals surface area contributed by atoms with Gasteiger partial charge in [-0.3, -0.25) is 4.79 Å². The zero-order valence-corrected chi connectivity index (χ0v) is 9.70. The highest BCUT2D eigenvalue weighted by Crippen LogP contribution is 2.25. The highest BCUT2D eigenvalue weighted by molar-refractivity contribution is 5.83. The topological polar surface area (TPSA) is 66.6 Å². The van der Waals surface area contributed by atoms with Crippen molar-refractivity contribution in [1.82, 2.24) is 4.90 Å². The molecule has 4 nitrogen and oxygen atoms in total. The number of carbonyl (C=O) groups excluding carboxylic acids is 1. The van der Waals surface area contributed by atoms with E-state index in [0.717, 1.165) is 32.4 Å². The molecule has 1 saturated heterocycles. The molecule has 0 bridgehead atoms. The van der Waals surface area contributed by atoms with Crippen LogP contribution in [-0.2, 0) is 4.79 Å². The van der Waals surface area contributed by atoms with Gasteiger partial charge in [-0.15, -0.1) is 0 Å². The molecule has 4 heteroatoms. The summed E-state index contributed by atoms with van der Waals surface area (Å²) in [5, 5.41) is 8.78. The number of nitrogens with zero attached hydrogens (tertiary/aromatic N) is 1. The van der Waals surface area contributed by atoms with Crippen LogP contribution in [0.15, 0.2) is 0 Å². The fourth-order valence-corrected chi connectivity index (χ4v) is 2.07. The molecule has 88 valence electrons. The molecule has 0 radical (unpaired) electrons. The van der Waals surface area contributed by atoms with Crippen molar-refractivity contribution in [2.24, 2.45) is 11.1 Å². The van der Waals surface area contributed by atoms with E-state index in [-0.39, 0.29) is 24.0 Å². The van der Waals surface area contributed by atoms with Crippen LogP contribution in [0.5, 0.6) is 0 Å². The van der Waals surface area contributed by atoms with Gasteiger partial charge in [-0.1, -0.05) is 13.8 Å². The number of amides is 1. The molecule has 1 unspecified atom stereocenters. The molecule has 0 aromatic rings. The van der Waals surface area contributed by atoms with Crippen molar-refractivity contribution in [2.75, 3.05) is 19.7 Å². The Hall–Kier alpha value is -0.610. The molecule has 0 aliphatic carbocycles. The summed E-state index contributed by atoms with van der Waals surface area (Å²) in [7, 11) is 0. The van der Waals surface area contributed by atoms with E-state index in [9.17, 15) is 4.79 Å². The Balaban J connectivity index is 2.43. The van der Waals surface area contributed by atoms with Crippen molar-refractivity contribution in [3.8, 4) is 0 Å². The molecular weight excluding hydrogens is 192 g/mol. The van der Waals surface area contributed by atoms with Crippen molar-refractivity contribution < 1.29 is 9.90 Å². The summed E-state index contributed by atoms with van der Waals surface area (Å²) in [6.45, 7) is 6.00. The van der Waals surface area contributed by atoms with Gasteiger partial charge in [0.05, 0.1) is 6.04 Å². The minimum atomic E-state index is -0.293. The van der Waals surface area contributed by atoms with E-state index >= 15 is 0 Å². The third-order valence-corrected chi connectivity index (χ3v) is 2.97. The van der Waals surface area contributed by atoms with E-state index in [1.165, 1.54) is 0 Å². The molecule has 0 aromatic carbocycles. The molecule has 1 heterocycles. The van der Waals surface area contributed by atoms with Crippen LogP contribution in [0, 0.1) is 5.41 Å². The molecule has 0 aromatic heterocycles. The van der Waals surface area contributed by atoms with Crippen molar-refractivity contribution >= 4 is 5.91 Å². The molecule has 1 amide bonds. The predicted octanol–water partition coefficient (Wildman–Crippen LogP) is 0.345. The van der Waals surface area contributed by atoms with Crippen LogP contribution in [0.1, 0.15) is 33.1 Å². The first-order valence-electron chi connectivity index (χ1n) is 5.61. The van der Waals surface area contributed by atoms with E-state index in [1.54, 1.807) is 0 Å². The third-order valence-electron chi connectivity index (χ3n) is 2.97. The number of likely N-dealkylation sites (tertiary alicyclic amines) is 1. The highest BCUT2D eigenvalue weighted by Gasteiger charge is 2.32. The second-order valence-electron chi connectivity index (χ2n) is 5.15. The molecule has 1 fully saturated rings. The molecule has 1 aliphatic rings. The van der Waals surface area contributed by atoms with Gasteiger partial charge in [0.25, 0.3) is 0 Å². The van der Waals surface area contributed by atoms with Crippen LogP contribution < -0.4 is 5.73 Å². The zero-order valence-electron chi connectivity index (χ0n) is 9.70. The van der Waals surface area contributed by atoms with Gasteiger partial charge in [0, 0.05) is 19.7 Å². The lowest BCUT2D eigenvalue weighted by molar-refractivity contribution is -0.130. The van der Waals surface area contributed by atoms with Crippen molar-refractivity contribution in [2.45, 2.75) is 39.2 Å². The predicted molar refractivity (Wildman–Crippen MR) is 59.3 cm³/mol. The summed E-state index contributed by atoms with van der Waals surface area (Å²) < 4.78 is 0. The Kier molecular flexibility index (Phi) is 4.11. The quantitative estimate of drug-likeness (QED) is 0.693. The van der Waals surface area contributed by atoms with Crippen LogP contribution in [0.4, 0.5) is 0 Å². The number of hydrogen-bond donors (Lipinski definition) is 2. The smallest absolute Gasteiger partial charge is 0.239 e. The van der Waals surface area contributed by atoms with E-state index < -0.39 is 0 Å². The molecule has 1 rings (SSSR count). The zero-order chi connectivity index (χ0) is 11.5. The van der Waals surface area contributed by atoms with Gasteiger partial charge in [0.2, 0.25) is 5.91 Å². The van der Waals surface area contributed by atoms with Gasteiger partial charge in [-0.05, 0) is 24.7 Å². The first kappa shape index (κ1) is 12.5. The maximum absolute atomic E-state index is 11.6. The number of aliphatic hydroxyl groups is 1. The van der Waals surface area contributed by atoms with Gasteiger partial charge < -0.3 is 15.7 Å². The number of aliphatic hydroxyl groups excluding tert-OH is 1. The lowest BCUT2D eigenvalue weighted by atomic mass is 9.87.